The first-order valence-electron chi connectivity index (χ1n) is 5.86. The zero-order valence-corrected chi connectivity index (χ0v) is 11.9. The Labute approximate surface area is 118 Å². The zero-order chi connectivity index (χ0) is 15.6. The van der Waals surface area contributed by atoms with Gasteiger partial charge >= 0.3 is 8.60 Å². The molecule has 0 saturated carbocycles. The summed E-state index contributed by atoms with van der Waals surface area (Å²) in [5.41, 5.74) is -2.48. The first-order valence-corrected chi connectivity index (χ1v) is 7.02. The molecule has 7 N–H and O–H groups in total. The van der Waals surface area contributed by atoms with Crippen molar-refractivity contribution in [3.8, 4) is 0 Å². The predicted octanol–water partition coefficient (Wildman–Crippen LogP) is -2.83. The fraction of sp³-hybridized carbons (Fsp3) is 1.00. The quantitative estimate of drug-likeness (QED) is 0.188. The summed E-state index contributed by atoms with van der Waals surface area (Å²) < 4.78 is 9.79. The lowest BCUT2D eigenvalue weighted by Crippen LogP contribution is -2.43. The lowest BCUT2D eigenvalue weighted by Gasteiger charge is -2.32. The van der Waals surface area contributed by atoms with Crippen LogP contribution in [0.15, 0.2) is 0 Å². The third-order valence-corrected chi connectivity index (χ3v) is 3.34. The molecule has 0 aromatic rings. The van der Waals surface area contributed by atoms with Crippen LogP contribution in [-0.4, -0.2) is 88.2 Å². The van der Waals surface area contributed by atoms with Gasteiger partial charge in [0.15, 0.2) is 0 Å². The first kappa shape index (κ1) is 20.1. The fourth-order valence-electron chi connectivity index (χ4n) is 1.24. The van der Waals surface area contributed by atoms with Crippen LogP contribution in [0.5, 0.6) is 0 Å². The summed E-state index contributed by atoms with van der Waals surface area (Å²) in [4.78, 5) is 17.3. The van der Waals surface area contributed by atoms with Gasteiger partial charge in [-0.1, -0.05) is 0 Å². The number of rotatable bonds is 12. The van der Waals surface area contributed by atoms with Gasteiger partial charge in [0.25, 0.3) is 0 Å². The highest BCUT2D eigenvalue weighted by Gasteiger charge is 2.34. The Kier molecular flexibility index (Phi) is 9.94. The molecule has 0 aliphatic rings. The van der Waals surface area contributed by atoms with Gasteiger partial charge in [0.1, 0.15) is 0 Å². The standard InChI is InChI=1S/C10H23O9P/c11-1-9(2-12,3-13)6-18-7-10(4-14,5-15)8-19-20(16)17/h11-17H,1-8H2. The molecule has 0 bridgehead atoms. The van der Waals surface area contributed by atoms with Gasteiger partial charge in [0, 0.05) is 0 Å². The fourth-order valence-corrected chi connectivity index (χ4v) is 1.63. The van der Waals surface area contributed by atoms with Crippen molar-refractivity contribution in [3.63, 3.8) is 0 Å². The Bertz CT molecular complexity index is 235. The van der Waals surface area contributed by atoms with Gasteiger partial charge in [0.2, 0.25) is 0 Å². The van der Waals surface area contributed by atoms with E-state index in [1.807, 2.05) is 0 Å². The van der Waals surface area contributed by atoms with Gasteiger partial charge in [-0.3, -0.25) is 0 Å². The molecule has 0 aromatic heterocycles. The van der Waals surface area contributed by atoms with E-state index in [1.54, 1.807) is 0 Å². The van der Waals surface area contributed by atoms with E-state index in [1.165, 1.54) is 0 Å². The van der Waals surface area contributed by atoms with E-state index < -0.39 is 52.5 Å². The maximum atomic E-state index is 9.27. The highest BCUT2D eigenvalue weighted by molar-refractivity contribution is 7.39. The van der Waals surface area contributed by atoms with E-state index in [0.29, 0.717) is 0 Å². The highest BCUT2D eigenvalue weighted by Crippen LogP contribution is 2.29. The Morgan fingerprint density at radius 2 is 1.05 bits per heavy atom. The summed E-state index contributed by atoms with van der Waals surface area (Å²) in [6.45, 7) is -3.33. The summed E-state index contributed by atoms with van der Waals surface area (Å²) in [6, 6.07) is 0. The van der Waals surface area contributed by atoms with Gasteiger partial charge in [-0.05, 0) is 0 Å². The van der Waals surface area contributed by atoms with Crippen LogP contribution in [0.1, 0.15) is 0 Å². The number of aliphatic hydroxyl groups is 5. The minimum atomic E-state index is -2.62. The van der Waals surface area contributed by atoms with E-state index in [2.05, 4.69) is 4.52 Å². The molecular formula is C10H23O9P. The average Bonchev–Trinajstić information content (AvgIpc) is 2.48. The second-order valence-corrected chi connectivity index (χ2v) is 5.57. The summed E-state index contributed by atoms with van der Waals surface area (Å²) >= 11 is 0. The predicted molar refractivity (Wildman–Crippen MR) is 68.4 cm³/mol. The maximum absolute atomic E-state index is 9.27. The van der Waals surface area contributed by atoms with Crippen molar-refractivity contribution in [2.24, 2.45) is 10.8 Å². The molecule has 0 spiro atoms. The van der Waals surface area contributed by atoms with Crippen molar-refractivity contribution in [3.05, 3.63) is 0 Å². The maximum Gasteiger partial charge on any atom is 0.327 e. The summed E-state index contributed by atoms with van der Waals surface area (Å²) in [5.74, 6) is 0. The van der Waals surface area contributed by atoms with Crippen molar-refractivity contribution < 1.29 is 44.6 Å². The molecule has 0 fully saturated rings. The molecular weight excluding hydrogens is 295 g/mol. The molecule has 9 nitrogen and oxygen atoms in total. The third kappa shape index (κ3) is 6.23. The molecule has 0 aliphatic carbocycles. The topological polar surface area (TPSA) is 160 Å². The van der Waals surface area contributed by atoms with Gasteiger partial charge < -0.3 is 44.6 Å². The van der Waals surface area contributed by atoms with Crippen LogP contribution in [0, 0.1) is 10.8 Å². The second kappa shape index (κ2) is 9.91. The number of hydrogen-bond acceptors (Lipinski definition) is 9. The van der Waals surface area contributed by atoms with Crippen molar-refractivity contribution in [1.29, 1.82) is 0 Å². The Morgan fingerprint density at radius 3 is 1.40 bits per heavy atom. The largest absolute Gasteiger partial charge is 0.396 e. The minimum Gasteiger partial charge on any atom is -0.396 e. The van der Waals surface area contributed by atoms with E-state index in [9.17, 15) is 10.2 Å². The lowest BCUT2D eigenvalue weighted by atomic mass is 9.91. The van der Waals surface area contributed by atoms with Crippen molar-refractivity contribution >= 4 is 8.60 Å². The van der Waals surface area contributed by atoms with Crippen molar-refractivity contribution in [2.45, 2.75) is 0 Å². The first-order chi connectivity index (χ1) is 9.43. The van der Waals surface area contributed by atoms with Gasteiger partial charge in [0.05, 0.1) is 63.7 Å². The van der Waals surface area contributed by atoms with Crippen LogP contribution in [0.4, 0.5) is 0 Å². The molecule has 0 atom stereocenters. The lowest BCUT2D eigenvalue weighted by molar-refractivity contribution is -0.101. The van der Waals surface area contributed by atoms with Gasteiger partial charge in [-0.25, -0.2) is 0 Å². The Balaban J connectivity index is 4.46. The van der Waals surface area contributed by atoms with Crippen LogP contribution >= 0.6 is 8.60 Å². The van der Waals surface area contributed by atoms with Crippen molar-refractivity contribution in [2.75, 3.05) is 52.9 Å². The van der Waals surface area contributed by atoms with Gasteiger partial charge in [-0.2, -0.15) is 0 Å². The van der Waals surface area contributed by atoms with Crippen LogP contribution in [0.25, 0.3) is 0 Å². The Morgan fingerprint density at radius 1 is 0.650 bits per heavy atom. The van der Waals surface area contributed by atoms with Crippen LogP contribution in [0.3, 0.4) is 0 Å². The van der Waals surface area contributed by atoms with Crippen LogP contribution in [0.2, 0.25) is 0 Å². The van der Waals surface area contributed by atoms with Crippen molar-refractivity contribution in [1.82, 2.24) is 0 Å². The van der Waals surface area contributed by atoms with E-state index in [4.69, 9.17) is 29.8 Å². The molecule has 0 amide bonds. The Hall–Kier alpha value is 0.0700. The van der Waals surface area contributed by atoms with Crippen LogP contribution < -0.4 is 0 Å². The molecule has 20 heavy (non-hydrogen) atoms. The number of hydrogen-bond donors (Lipinski definition) is 7. The van der Waals surface area contributed by atoms with Gasteiger partial charge in [-0.15, -0.1) is 0 Å². The second-order valence-electron chi connectivity index (χ2n) is 4.81. The molecule has 0 saturated heterocycles. The van der Waals surface area contributed by atoms with E-state index in [0.717, 1.165) is 0 Å². The molecule has 0 radical (unpaired) electrons. The minimum absolute atomic E-state index is 0.203. The van der Waals surface area contributed by atoms with E-state index >= 15 is 0 Å². The molecule has 122 valence electrons. The molecule has 10 heteroatoms. The monoisotopic (exact) mass is 318 g/mol. The molecule has 0 aliphatic heterocycles. The zero-order valence-electron chi connectivity index (χ0n) is 11.1. The summed E-state index contributed by atoms with van der Waals surface area (Å²) in [6.07, 6.45) is 0. The summed E-state index contributed by atoms with van der Waals surface area (Å²) in [5, 5.41) is 45.9. The van der Waals surface area contributed by atoms with Crippen LogP contribution in [-0.2, 0) is 9.26 Å². The highest BCUT2D eigenvalue weighted by atomic mass is 31.2. The third-order valence-electron chi connectivity index (χ3n) is 2.98. The molecule has 0 rings (SSSR count). The molecule has 0 aromatic carbocycles. The number of ether oxygens (including phenoxy) is 1. The summed E-state index contributed by atoms with van der Waals surface area (Å²) in [7, 11) is -2.62. The SMILES string of the molecule is OCC(CO)(CO)COCC(CO)(CO)COP(O)O. The molecule has 0 heterocycles. The average molecular weight is 318 g/mol. The van der Waals surface area contributed by atoms with E-state index in [-0.39, 0.29) is 19.8 Å². The molecule has 0 unspecified atom stereocenters. The number of aliphatic hydroxyl groups excluding tert-OH is 5. The smallest absolute Gasteiger partial charge is 0.327 e. The normalized spacial score (nSPS) is 13.2.